The maximum Gasteiger partial charge on any atom is 0.229 e. The van der Waals surface area contributed by atoms with Crippen molar-refractivity contribution in [1.29, 1.82) is 0 Å². The third kappa shape index (κ3) is 2.02. The van der Waals surface area contributed by atoms with Gasteiger partial charge >= 0.3 is 0 Å². The zero-order valence-corrected chi connectivity index (χ0v) is 9.33. The number of carbonyl (C=O) groups excluding carboxylic acids is 2. The molecule has 5 heteroatoms. The van der Waals surface area contributed by atoms with Gasteiger partial charge in [0.05, 0.1) is 6.54 Å². The second kappa shape index (κ2) is 4.14. The van der Waals surface area contributed by atoms with E-state index in [4.69, 9.17) is 17.3 Å². The number of nitrogens with zero attached hydrogens (tertiary/aromatic N) is 1. The number of amides is 2. The number of benzene rings is 1. The molecule has 1 aliphatic heterocycles. The molecule has 1 aromatic carbocycles. The number of imide groups is 1. The Kier molecular flexibility index (Phi) is 2.83. The fourth-order valence-electron chi connectivity index (χ4n) is 1.68. The lowest BCUT2D eigenvalue weighted by Gasteiger charge is -2.15. The monoisotopic (exact) mass is 238 g/mol. The molecule has 0 radical (unpaired) electrons. The average Bonchev–Trinajstić information content (AvgIpc) is 2.53. The summed E-state index contributed by atoms with van der Waals surface area (Å²) in [5.41, 5.74) is 7.00. The number of rotatable bonds is 2. The summed E-state index contributed by atoms with van der Waals surface area (Å²) < 4.78 is 0. The fourth-order valence-corrected chi connectivity index (χ4v) is 1.86. The molecule has 84 valence electrons. The van der Waals surface area contributed by atoms with Gasteiger partial charge in [0.1, 0.15) is 0 Å². The molecule has 1 saturated heterocycles. The van der Waals surface area contributed by atoms with Gasteiger partial charge in [-0.3, -0.25) is 14.5 Å². The SMILES string of the molecule is Nc1cc(Cl)ccc1CN1C(=O)CCC1=O. The molecule has 1 aliphatic rings. The molecule has 1 heterocycles. The summed E-state index contributed by atoms with van der Waals surface area (Å²) >= 11 is 5.76. The van der Waals surface area contributed by atoms with Crippen LogP contribution in [0.5, 0.6) is 0 Å². The zero-order chi connectivity index (χ0) is 11.7. The molecule has 4 nitrogen and oxygen atoms in total. The van der Waals surface area contributed by atoms with Gasteiger partial charge in [-0.05, 0) is 17.7 Å². The number of nitrogen functional groups attached to an aromatic ring is 1. The first-order chi connectivity index (χ1) is 7.58. The fraction of sp³-hybridized carbons (Fsp3) is 0.273. The van der Waals surface area contributed by atoms with Crippen molar-refractivity contribution in [2.45, 2.75) is 19.4 Å². The molecule has 0 saturated carbocycles. The van der Waals surface area contributed by atoms with E-state index in [2.05, 4.69) is 0 Å². The Labute approximate surface area is 98.0 Å². The van der Waals surface area contributed by atoms with Gasteiger partial charge in [-0.1, -0.05) is 17.7 Å². The second-order valence-electron chi connectivity index (χ2n) is 3.72. The van der Waals surface area contributed by atoms with Gasteiger partial charge in [0.25, 0.3) is 0 Å². The van der Waals surface area contributed by atoms with Crippen molar-refractivity contribution in [3.05, 3.63) is 28.8 Å². The van der Waals surface area contributed by atoms with Crippen molar-refractivity contribution >= 4 is 29.1 Å². The van der Waals surface area contributed by atoms with Gasteiger partial charge in [-0.25, -0.2) is 0 Å². The van der Waals surface area contributed by atoms with E-state index in [1.807, 2.05) is 0 Å². The second-order valence-corrected chi connectivity index (χ2v) is 4.15. The van der Waals surface area contributed by atoms with E-state index in [0.717, 1.165) is 5.56 Å². The minimum atomic E-state index is -0.139. The number of anilines is 1. The summed E-state index contributed by atoms with van der Waals surface area (Å²) in [6.45, 7) is 0.237. The number of nitrogens with two attached hydrogens (primary N) is 1. The molecule has 2 amide bonds. The summed E-state index contributed by atoms with van der Waals surface area (Å²) in [6.07, 6.45) is 0.596. The summed E-state index contributed by atoms with van der Waals surface area (Å²) in [7, 11) is 0. The first-order valence-corrected chi connectivity index (χ1v) is 5.33. The molecular formula is C11H11ClN2O2. The molecule has 1 aromatic rings. The molecule has 16 heavy (non-hydrogen) atoms. The Bertz CT molecular complexity index is 443. The number of likely N-dealkylation sites (tertiary alicyclic amines) is 1. The van der Waals surface area contributed by atoms with Crippen LogP contribution in [0.1, 0.15) is 18.4 Å². The summed E-state index contributed by atoms with van der Waals surface area (Å²) in [5, 5.41) is 0.542. The lowest BCUT2D eigenvalue weighted by Crippen LogP contribution is -2.28. The first kappa shape index (κ1) is 11.0. The van der Waals surface area contributed by atoms with Crippen LogP contribution in [0, 0.1) is 0 Å². The molecule has 0 aromatic heterocycles. The third-order valence-corrected chi connectivity index (χ3v) is 2.83. The molecule has 2 rings (SSSR count). The van der Waals surface area contributed by atoms with E-state index in [1.54, 1.807) is 18.2 Å². The predicted molar refractivity (Wildman–Crippen MR) is 60.7 cm³/mol. The van der Waals surface area contributed by atoms with E-state index in [-0.39, 0.29) is 18.4 Å². The van der Waals surface area contributed by atoms with Crippen LogP contribution >= 0.6 is 11.6 Å². The van der Waals surface area contributed by atoms with E-state index in [9.17, 15) is 9.59 Å². The van der Waals surface area contributed by atoms with Crippen molar-refractivity contribution in [1.82, 2.24) is 4.90 Å². The van der Waals surface area contributed by atoms with Gasteiger partial charge in [0.15, 0.2) is 0 Å². The lowest BCUT2D eigenvalue weighted by atomic mass is 10.1. The molecule has 0 bridgehead atoms. The maximum atomic E-state index is 11.4. The largest absolute Gasteiger partial charge is 0.398 e. The van der Waals surface area contributed by atoms with Crippen LogP contribution in [0.3, 0.4) is 0 Å². The number of hydrogen-bond acceptors (Lipinski definition) is 3. The zero-order valence-electron chi connectivity index (χ0n) is 8.57. The molecule has 0 unspecified atom stereocenters. The predicted octanol–water partition coefficient (Wildman–Crippen LogP) is 1.57. The van der Waals surface area contributed by atoms with Crippen molar-refractivity contribution in [2.24, 2.45) is 0 Å². The number of hydrogen-bond donors (Lipinski definition) is 1. The molecule has 1 fully saturated rings. The highest BCUT2D eigenvalue weighted by Crippen LogP contribution is 2.22. The quantitative estimate of drug-likeness (QED) is 0.628. The van der Waals surface area contributed by atoms with Crippen LogP contribution in [0.15, 0.2) is 18.2 Å². The van der Waals surface area contributed by atoms with E-state index in [1.165, 1.54) is 4.90 Å². The van der Waals surface area contributed by atoms with Crippen LogP contribution in [0.4, 0.5) is 5.69 Å². The van der Waals surface area contributed by atoms with E-state index < -0.39 is 0 Å². The summed E-state index contributed by atoms with van der Waals surface area (Å²) in [4.78, 5) is 24.0. The molecule has 0 atom stereocenters. The normalized spacial score (nSPS) is 15.9. The van der Waals surface area contributed by atoms with Crippen LogP contribution in [-0.4, -0.2) is 16.7 Å². The Morgan fingerprint density at radius 2 is 1.88 bits per heavy atom. The Balaban J connectivity index is 2.20. The summed E-state index contributed by atoms with van der Waals surface area (Å²) in [6, 6.07) is 5.04. The topological polar surface area (TPSA) is 63.4 Å². The first-order valence-electron chi connectivity index (χ1n) is 4.95. The van der Waals surface area contributed by atoms with Gasteiger partial charge in [-0.2, -0.15) is 0 Å². The molecule has 0 spiro atoms. The van der Waals surface area contributed by atoms with Gasteiger partial charge in [-0.15, -0.1) is 0 Å². The highest BCUT2D eigenvalue weighted by Gasteiger charge is 2.28. The molecule has 2 N–H and O–H groups in total. The van der Waals surface area contributed by atoms with Gasteiger partial charge in [0.2, 0.25) is 11.8 Å². The standard InChI is InChI=1S/C11H11ClN2O2/c12-8-2-1-7(9(13)5-8)6-14-10(15)3-4-11(14)16/h1-2,5H,3-4,6,13H2. The third-order valence-electron chi connectivity index (χ3n) is 2.59. The smallest absolute Gasteiger partial charge is 0.229 e. The van der Waals surface area contributed by atoms with Gasteiger partial charge < -0.3 is 5.73 Å². The highest BCUT2D eigenvalue weighted by atomic mass is 35.5. The molecular weight excluding hydrogens is 228 g/mol. The van der Waals surface area contributed by atoms with Crippen LogP contribution < -0.4 is 5.73 Å². The van der Waals surface area contributed by atoms with Crippen molar-refractivity contribution in [3.8, 4) is 0 Å². The molecule has 0 aliphatic carbocycles. The van der Waals surface area contributed by atoms with Crippen LogP contribution in [0.2, 0.25) is 5.02 Å². The van der Waals surface area contributed by atoms with E-state index >= 15 is 0 Å². The van der Waals surface area contributed by atoms with Crippen LogP contribution in [0.25, 0.3) is 0 Å². The van der Waals surface area contributed by atoms with E-state index in [0.29, 0.717) is 23.6 Å². The Morgan fingerprint density at radius 1 is 1.25 bits per heavy atom. The lowest BCUT2D eigenvalue weighted by molar-refractivity contribution is -0.139. The highest BCUT2D eigenvalue weighted by molar-refractivity contribution is 6.30. The number of halogens is 1. The van der Waals surface area contributed by atoms with Gasteiger partial charge in [0, 0.05) is 23.6 Å². The van der Waals surface area contributed by atoms with Crippen molar-refractivity contribution in [2.75, 3.05) is 5.73 Å². The maximum absolute atomic E-state index is 11.4. The number of carbonyl (C=O) groups is 2. The minimum absolute atomic E-state index is 0.139. The Hall–Kier alpha value is -1.55. The van der Waals surface area contributed by atoms with Crippen molar-refractivity contribution < 1.29 is 9.59 Å². The minimum Gasteiger partial charge on any atom is -0.398 e. The average molecular weight is 239 g/mol. The van der Waals surface area contributed by atoms with Crippen LogP contribution in [-0.2, 0) is 16.1 Å². The van der Waals surface area contributed by atoms with Crippen molar-refractivity contribution in [3.63, 3.8) is 0 Å². The Morgan fingerprint density at radius 3 is 2.44 bits per heavy atom. The summed E-state index contributed by atoms with van der Waals surface area (Å²) in [5.74, 6) is -0.279.